The van der Waals surface area contributed by atoms with Gasteiger partial charge in [0.1, 0.15) is 0 Å². The zero-order valence-electron chi connectivity index (χ0n) is 6.65. The fraction of sp³-hybridized carbons (Fsp3) is 0.111. The molecule has 0 radical (unpaired) electrons. The van der Waals surface area contributed by atoms with Crippen LogP contribution in [0, 0.1) is 35.8 Å². The monoisotopic (exact) mass is 168 g/mol. The SMILES string of the molecule is [C-]#[N+]/C(C#N)=C/C/C=C(\C#N)[N+]#[C-]. The third-order valence-electron chi connectivity index (χ3n) is 1.09. The first-order valence-electron chi connectivity index (χ1n) is 3.24. The Balaban J connectivity index is 4.41. The van der Waals surface area contributed by atoms with Crippen LogP contribution >= 0.6 is 0 Å². The maximum atomic E-state index is 8.33. The summed E-state index contributed by atoms with van der Waals surface area (Å²) in [7, 11) is 0. The molecule has 0 spiro atoms. The van der Waals surface area contributed by atoms with Crippen LogP contribution in [-0.4, -0.2) is 0 Å². The van der Waals surface area contributed by atoms with Crippen molar-refractivity contribution < 1.29 is 0 Å². The summed E-state index contributed by atoms with van der Waals surface area (Å²) in [5.74, 6) is 0. The summed E-state index contributed by atoms with van der Waals surface area (Å²) in [6.45, 7) is 13.0. The van der Waals surface area contributed by atoms with Crippen LogP contribution in [0.25, 0.3) is 9.69 Å². The predicted molar refractivity (Wildman–Crippen MR) is 45.2 cm³/mol. The van der Waals surface area contributed by atoms with E-state index in [0.29, 0.717) is 0 Å². The van der Waals surface area contributed by atoms with Crippen LogP contribution in [0.3, 0.4) is 0 Å². The Kier molecular flexibility index (Phi) is 4.95. The Bertz CT molecular complexity index is 329. The first kappa shape index (κ1) is 10.4. The van der Waals surface area contributed by atoms with Gasteiger partial charge in [0.15, 0.2) is 0 Å². The highest BCUT2D eigenvalue weighted by molar-refractivity contribution is 5.31. The quantitative estimate of drug-likeness (QED) is 0.468. The highest BCUT2D eigenvalue weighted by atomic mass is 14.7. The van der Waals surface area contributed by atoms with E-state index in [4.69, 9.17) is 23.7 Å². The van der Waals surface area contributed by atoms with Crippen molar-refractivity contribution in [1.29, 1.82) is 10.5 Å². The number of nitriles is 2. The minimum atomic E-state index is -0.0291. The maximum Gasteiger partial charge on any atom is 0.258 e. The Morgan fingerprint density at radius 2 is 1.46 bits per heavy atom. The molecule has 13 heavy (non-hydrogen) atoms. The molecule has 0 aromatic heterocycles. The molecule has 0 unspecified atom stereocenters. The Labute approximate surface area is 76.3 Å². The van der Waals surface area contributed by atoms with Gasteiger partial charge in [0.05, 0.1) is 25.3 Å². The number of nitrogens with zero attached hydrogens (tertiary/aromatic N) is 4. The lowest BCUT2D eigenvalue weighted by atomic mass is 10.3. The lowest BCUT2D eigenvalue weighted by Crippen LogP contribution is -1.70. The molecular weight excluding hydrogens is 164 g/mol. The lowest BCUT2D eigenvalue weighted by Gasteiger charge is -1.82. The van der Waals surface area contributed by atoms with Crippen molar-refractivity contribution in [1.82, 2.24) is 0 Å². The van der Waals surface area contributed by atoms with Crippen molar-refractivity contribution >= 4 is 0 Å². The van der Waals surface area contributed by atoms with E-state index in [1.807, 2.05) is 0 Å². The van der Waals surface area contributed by atoms with Crippen LogP contribution < -0.4 is 0 Å². The molecule has 0 rings (SSSR count). The van der Waals surface area contributed by atoms with Gasteiger partial charge in [-0.15, -0.1) is 0 Å². The minimum absolute atomic E-state index is 0.0291. The fourth-order valence-electron chi connectivity index (χ4n) is 0.515. The molecule has 0 aliphatic carbocycles. The first-order valence-corrected chi connectivity index (χ1v) is 3.24. The Hall–Kier alpha value is -2.56. The van der Waals surface area contributed by atoms with Crippen LogP contribution in [0.2, 0.25) is 0 Å². The third-order valence-corrected chi connectivity index (χ3v) is 1.09. The van der Waals surface area contributed by atoms with Crippen molar-refractivity contribution in [3.8, 4) is 12.1 Å². The molecule has 0 fully saturated rings. The second-order valence-electron chi connectivity index (χ2n) is 1.86. The molecule has 4 heteroatoms. The summed E-state index contributed by atoms with van der Waals surface area (Å²) >= 11 is 0. The molecule has 0 aromatic carbocycles. The standard InChI is InChI=1S/C9H4N4/c1-12-8(6-10)4-3-5-9(7-11)13-2/h4-5H,3H2/b8-4+,9-5+. The Morgan fingerprint density at radius 1 is 1.08 bits per heavy atom. The molecule has 0 N–H and O–H groups in total. The number of allylic oxidation sites excluding steroid dienone is 4. The molecule has 0 bridgehead atoms. The summed E-state index contributed by atoms with van der Waals surface area (Å²) in [6, 6.07) is 3.36. The number of hydrogen-bond acceptors (Lipinski definition) is 2. The summed E-state index contributed by atoms with van der Waals surface area (Å²) in [6.07, 6.45) is 3.00. The van der Waals surface area contributed by atoms with Crippen molar-refractivity contribution in [2.75, 3.05) is 0 Å². The van der Waals surface area contributed by atoms with Gasteiger partial charge in [0, 0.05) is 0 Å². The normalized spacial score (nSPS) is 10.5. The average molecular weight is 168 g/mol. The zero-order valence-corrected chi connectivity index (χ0v) is 6.65. The minimum Gasteiger partial charge on any atom is -0.227 e. The summed E-state index contributed by atoms with van der Waals surface area (Å²) in [4.78, 5) is 5.83. The van der Waals surface area contributed by atoms with Crippen molar-refractivity contribution in [3.63, 3.8) is 0 Å². The van der Waals surface area contributed by atoms with E-state index in [9.17, 15) is 0 Å². The number of hydrogen-bond donors (Lipinski definition) is 0. The molecule has 0 aromatic rings. The molecule has 0 amide bonds. The van der Waals surface area contributed by atoms with Crippen molar-refractivity contribution in [3.05, 3.63) is 46.4 Å². The van der Waals surface area contributed by atoms with Crippen LogP contribution in [0.1, 0.15) is 6.42 Å². The van der Waals surface area contributed by atoms with Gasteiger partial charge in [-0.3, -0.25) is 0 Å². The van der Waals surface area contributed by atoms with Gasteiger partial charge in [-0.25, -0.2) is 20.2 Å². The molecule has 0 heterocycles. The second kappa shape index (κ2) is 6.17. The van der Waals surface area contributed by atoms with Gasteiger partial charge >= 0.3 is 0 Å². The summed E-state index contributed by atoms with van der Waals surface area (Å²) in [5.41, 5.74) is -0.0583. The van der Waals surface area contributed by atoms with Gasteiger partial charge in [-0.2, -0.15) is 0 Å². The lowest BCUT2D eigenvalue weighted by molar-refractivity contribution is 1.33. The van der Waals surface area contributed by atoms with Gasteiger partial charge in [-0.05, 0) is 6.42 Å². The van der Waals surface area contributed by atoms with Crippen LogP contribution in [-0.2, 0) is 0 Å². The predicted octanol–water partition coefficient (Wildman–Crippen LogP) is 2.03. The van der Waals surface area contributed by atoms with Gasteiger partial charge < -0.3 is 0 Å². The highest BCUT2D eigenvalue weighted by Gasteiger charge is 1.91. The highest BCUT2D eigenvalue weighted by Crippen LogP contribution is 2.01. The van der Waals surface area contributed by atoms with E-state index in [1.165, 1.54) is 12.2 Å². The number of rotatable bonds is 2. The van der Waals surface area contributed by atoms with E-state index in [0.717, 1.165) is 0 Å². The fourth-order valence-corrected chi connectivity index (χ4v) is 0.515. The van der Waals surface area contributed by atoms with Gasteiger partial charge in [-0.1, -0.05) is 12.2 Å². The second-order valence-corrected chi connectivity index (χ2v) is 1.86. The van der Waals surface area contributed by atoms with E-state index in [2.05, 4.69) is 9.69 Å². The van der Waals surface area contributed by atoms with E-state index < -0.39 is 0 Å². The molecule has 0 aliphatic rings. The molecule has 0 atom stereocenters. The van der Waals surface area contributed by atoms with E-state index >= 15 is 0 Å². The molecule has 0 saturated carbocycles. The Morgan fingerprint density at radius 3 is 1.69 bits per heavy atom. The molecule has 4 nitrogen and oxygen atoms in total. The van der Waals surface area contributed by atoms with Crippen LogP contribution in [0.15, 0.2) is 23.5 Å². The summed E-state index contributed by atoms with van der Waals surface area (Å²) < 4.78 is 0. The molecule has 60 valence electrons. The largest absolute Gasteiger partial charge is 0.258 e. The van der Waals surface area contributed by atoms with Crippen molar-refractivity contribution in [2.45, 2.75) is 6.42 Å². The third kappa shape index (κ3) is 3.99. The topological polar surface area (TPSA) is 56.3 Å². The molecular formula is C9H4N4. The van der Waals surface area contributed by atoms with Crippen molar-refractivity contribution in [2.24, 2.45) is 0 Å². The van der Waals surface area contributed by atoms with Gasteiger partial charge in [0.2, 0.25) is 0 Å². The molecule has 0 aliphatic heterocycles. The van der Waals surface area contributed by atoms with Crippen LogP contribution in [0.5, 0.6) is 0 Å². The zero-order chi connectivity index (χ0) is 10.1. The van der Waals surface area contributed by atoms with Crippen LogP contribution in [0.4, 0.5) is 0 Å². The first-order chi connectivity index (χ1) is 6.28. The van der Waals surface area contributed by atoms with Gasteiger partial charge in [0.25, 0.3) is 11.4 Å². The maximum absolute atomic E-state index is 8.33. The van der Waals surface area contributed by atoms with E-state index in [1.54, 1.807) is 12.1 Å². The summed E-state index contributed by atoms with van der Waals surface area (Å²) in [5, 5.41) is 16.7. The smallest absolute Gasteiger partial charge is 0.227 e. The van der Waals surface area contributed by atoms with E-state index in [-0.39, 0.29) is 17.8 Å². The average Bonchev–Trinajstić information content (AvgIpc) is 2.19. The molecule has 0 saturated heterocycles.